The van der Waals surface area contributed by atoms with E-state index in [9.17, 15) is 0 Å². The van der Waals surface area contributed by atoms with Gasteiger partial charge >= 0.3 is 0 Å². The third-order valence-electron chi connectivity index (χ3n) is 39.6. The van der Waals surface area contributed by atoms with E-state index in [4.69, 9.17) is 0 Å². The molecular formula is C102H128N6P2. The summed E-state index contributed by atoms with van der Waals surface area (Å²) in [6.45, 7) is 23.4. The first-order chi connectivity index (χ1) is 53.7. The summed E-state index contributed by atoms with van der Waals surface area (Å²) in [6, 6.07) is 82.8. The van der Waals surface area contributed by atoms with Gasteiger partial charge in [-0.3, -0.25) is 0 Å². The summed E-state index contributed by atoms with van der Waals surface area (Å²) in [5.41, 5.74) is 13.9. The SMILES string of the molecule is CC1(C)C2CCCCC2C2CC3C4C(C21)N(c1ccccc1)C1C2C(CC5C6CCCCC6C(C)(C)C51)N(c1ccccc1)C1C5C6C(C(C1P42)N3c1ccccc1)N(c1ccccc1)C1CC2C3CCCCC3C(C)(C)C2C2C1P6C1C(CC3C4CCCCC4C(C)(C)C3C1N2c1ccccc1)N5c1ccccc1. The van der Waals surface area contributed by atoms with E-state index in [1.54, 1.807) is 34.1 Å². The van der Waals surface area contributed by atoms with Crippen molar-refractivity contribution in [2.75, 3.05) is 29.4 Å². The number of para-hydroxylation sites is 6. The van der Waals surface area contributed by atoms with Crippen LogP contribution in [0.4, 0.5) is 34.1 Å². The summed E-state index contributed by atoms with van der Waals surface area (Å²) < 4.78 is 0. The van der Waals surface area contributed by atoms with Gasteiger partial charge in [-0.2, -0.15) is 0 Å². The van der Waals surface area contributed by atoms with Crippen LogP contribution in [-0.2, 0) is 0 Å². The van der Waals surface area contributed by atoms with Crippen LogP contribution < -0.4 is 29.4 Å². The molecule has 32 unspecified atom stereocenters. The van der Waals surface area contributed by atoms with Crippen molar-refractivity contribution in [2.24, 2.45) is 116 Å². The number of fused-ring (bicyclic) bond motifs is 18. The van der Waals surface area contributed by atoms with Gasteiger partial charge in [0.2, 0.25) is 0 Å². The van der Waals surface area contributed by atoms with Crippen LogP contribution in [0.3, 0.4) is 0 Å². The Morgan fingerprint density at radius 2 is 0.409 bits per heavy atom. The fraction of sp³-hybridized carbons (Fsp3) is 0.647. The van der Waals surface area contributed by atoms with E-state index in [0.29, 0.717) is 154 Å². The molecule has 6 aromatic rings. The maximum atomic E-state index is 3.56. The highest BCUT2D eigenvalue weighted by atomic mass is 31.1. The molecule has 0 aromatic heterocycles. The van der Waals surface area contributed by atoms with Gasteiger partial charge in [-0.15, -0.1) is 0 Å². The van der Waals surface area contributed by atoms with E-state index < -0.39 is 15.8 Å². The van der Waals surface area contributed by atoms with Crippen molar-refractivity contribution in [1.29, 1.82) is 0 Å². The van der Waals surface area contributed by atoms with Crippen molar-refractivity contribution in [3.63, 3.8) is 0 Å². The summed E-state index contributed by atoms with van der Waals surface area (Å²) in [4.78, 5) is 21.3. The highest BCUT2D eigenvalue weighted by Crippen LogP contribution is 2.85. The summed E-state index contributed by atoms with van der Waals surface area (Å²) in [6.07, 6.45) is 28.5. The smallest absolute Gasteiger partial charge is 0.0592 e. The van der Waals surface area contributed by atoms with Crippen LogP contribution in [0.5, 0.6) is 0 Å². The van der Waals surface area contributed by atoms with Crippen molar-refractivity contribution in [1.82, 2.24) is 0 Å². The Hall–Kier alpha value is -5.02. The average Bonchev–Trinajstić information content (AvgIpc) is 1.00. The molecule has 13 aliphatic carbocycles. The molecule has 576 valence electrons. The lowest BCUT2D eigenvalue weighted by molar-refractivity contribution is 0.0261. The molecule has 19 aliphatic rings. The van der Waals surface area contributed by atoms with Gasteiger partial charge < -0.3 is 29.4 Å². The van der Waals surface area contributed by atoms with Crippen LogP contribution in [0.1, 0.15) is 184 Å². The van der Waals surface area contributed by atoms with Gasteiger partial charge in [0.05, 0.1) is 24.2 Å². The van der Waals surface area contributed by atoms with Crippen molar-refractivity contribution in [3.8, 4) is 0 Å². The molecule has 19 fully saturated rings. The summed E-state index contributed by atoms with van der Waals surface area (Å²) in [5.74, 6) is 11.9. The second-order valence-electron chi connectivity index (χ2n) is 43.7. The first-order valence-electron chi connectivity index (χ1n) is 46.3. The summed E-state index contributed by atoms with van der Waals surface area (Å²) in [7, 11) is -1.32. The van der Waals surface area contributed by atoms with E-state index in [1.807, 2.05) is 0 Å². The average molecular weight is 1500 g/mol. The summed E-state index contributed by atoms with van der Waals surface area (Å²) in [5, 5.41) is 0. The molecule has 8 heteroatoms. The third-order valence-corrected chi connectivity index (χ3v) is 47.5. The molecule has 6 aromatic carbocycles. The molecule has 6 saturated heterocycles. The zero-order chi connectivity index (χ0) is 73.1. The minimum absolute atomic E-state index is 0.246. The summed E-state index contributed by atoms with van der Waals surface area (Å²) >= 11 is 0. The molecule has 0 N–H and O–H groups in total. The molecule has 0 radical (unpaired) electrons. The zero-order valence-corrected chi connectivity index (χ0v) is 69.5. The monoisotopic (exact) mass is 1500 g/mol. The Balaban J connectivity index is 0.824. The van der Waals surface area contributed by atoms with Crippen LogP contribution in [0.15, 0.2) is 182 Å². The van der Waals surface area contributed by atoms with Gasteiger partial charge in [0.25, 0.3) is 0 Å². The Kier molecular flexibility index (Phi) is 15.1. The van der Waals surface area contributed by atoms with Gasteiger partial charge in [0, 0.05) is 116 Å². The molecule has 32 atom stereocenters. The highest BCUT2D eigenvalue weighted by molar-refractivity contribution is 7.61. The molecule has 0 bridgehead atoms. The second kappa shape index (κ2) is 24.3. The van der Waals surface area contributed by atoms with Crippen LogP contribution in [0, 0.1) is 116 Å². The molecule has 25 rings (SSSR count). The van der Waals surface area contributed by atoms with Gasteiger partial charge in [0.15, 0.2) is 0 Å². The first-order valence-corrected chi connectivity index (χ1v) is 49.4. The second-order valence-corrected chi connectivity index (χ2v) is 49.1. The molecule has 110 heavy (non-hydrogen) atoms. The standard InChI is InChI=1S/C102H128N6P2/c1-99(2)73-51-31-27-47-65(73)69-55-77-93-85(81(69)99)107(63-43-23-13-24-44-63)86-82-70(66-48-28-32-52-74(66)100(82,3)4)56-78-94(86)109(93)97-89(103(77)59-35-15-9-16-36-59)91-98-92(90(97)104(78)60-37-17-10-18-38-60)106(62-41-21-12-22-42-62)80-58-72-68-50-30-34-54-76(68)102(7,8)84(72)88-96(80)110(98)95-79(105(91)61-39-19-11-20-40-61)57-71-67-49-29-33-53-75(67)101(5,6)83(71)87(95)108(88)64-45-25-14-26-46-64/h9-26,35-46,65-98H,27-34,47-58H2,1-8H3. The van der Waals surface area contributed by atoms with E-state index in [-0.39, 0.29) is 21.7 Å². The third kappa shape index (κ3) is 8.69. The van der Waals surface area contributed by atoms with E-state index in [2.05, 4.69) is 267 Å². The number of hydrogen-bond donors (Lipinski definition) is 0. The lowest BCUT2D eigenvalue weighted by Crippen LogP contribution is -2.92. The van der Waals surface area contributed by atoms with Gasteiger partial charge in [0.1, 0.15) is 0 Å². The minimum atomic E-state index is -0.659. The predicted octanol–water partition coefficient (Wildman–Crippen LogP) is 22.6. The maximum absolute atomic E-state index is 3.56. The zero-order valence-electron chi connectivity index (χ0n) is 67.7. The lowest BCUT2D eigenvalue weighted by atomic mass is 9.59. The van der Waals surface area contributed by atoms with Gasteiger partial charge in [-0.1, -0.05) is 232 Å². The van der Waals surface area contributed by atoms with Crippen molar-refractivity contribution >= 4 is 50.0 Å². The van der Waals surface area contributed by atoms with E-state index in [1.165, 1.54) is 128 Å². The van der Waals surface area contributed by atoms with Crippen LogP contribution in [0.2, 0.25) is 0 Å². The fourth-order valence-corrected chi connectivity index (χ4v) is 48.0. The van der Waals surface area contributed by atoms with Crippen LogP contribution in [0.25, 0.3) is 0 Å². The predicted molar refractivity (Wildman–Crippen MR) is 459 cm³/mol. The molecule has 0 spiro atoms. The van der Waals surface area contributed by atoms with Gasteiger partial charge in [-0.05, 0) is 266 Å². The van der Waals surface area contributed by atoms with E-state index in [0.717, 1.165) is 47.3 Å². The Bertz CT molecular complexity index is 3940. The topological polar surface area (TPSA) is 19.4 Å². The molecule has 6 heterocycles. The van der Waals surface area contributed by atoms with Crippen molar-refractivity contribution < 1.29 is 0 Å². The Labute approximate surface area is 663 Å². The lowest BCUT2D eigenvalue weighted by Gasteiger charge is -2.83. The normalized spacial score (nSPS) is 48.5. The first kappa shape index (κ1) is 68.2. The highest BCUT2D eigenvalue weighted by Gasteiger charge is 2.84. The number of benzene rings is 6. The number of anilines is 6. The fourth-order valence-electron chi connectivity index (χ4n) is 37.6. The Morgan fingerprint density at radius 3 is 0.618 bits per heavy atom. The quantitative estimate of drug-likeness (QED) is 0.154. The molecule has 6 aliphatic heterocycles. The molecule has 13 saturated carbocycles. The largest absolute Gasteiger partial charge is 0.364 e. The van der Waals surface area contributed by atoms with Crippen LogP contribution >= 0.6 is 15.8 Å². The molecular weight excluding hydrogens is 1370 g/mol. The Morgan fingerprint density at radius 1 is 0.218 bits per heavy atom. The number of nitrogens with zero attached hydrogens (tertiary/aromatic N) is 6. The van der Waals surface area contributed by atoms with Gasteiger partial charge in [-0.25, -0.2) is 0 Å². The van der Waals surface area contributed by atoms with Crippen molar-refractivity contribution in [3.05, 3.63) is 182 Å². The van der Waals surface area contributed by atoms with Crippen molar-refractivity contribution in [2.45, 2.75) is 290 Å². The molecule has 6 nitrogen and oxygen atoms in total. The number of hydrogen-bond acceptors (Lipinski definition) is 6. The number of rotatable bonds is 6. The maximum Gasteiger partial charge on any atom is 0.0592 e. The van der Waals surface area contributed by atoms with E-state index >= 15 is 0 Å². The minimum Gasteiger partial charge on any atom is -0.364 e. The van der Waals surface area contributed by atoms with Crippen LogP contribution in [-0.4, -0.2) is 106 Å². The molecule has 0 amide bonds.